The molecule has 0 aliphatic rings. The summed E-state index contributed by atoms with van der Waals surface area (Å²) in [6, 6.07) is 12.7. The van der Waals surface area contributed by atoms with E-state index in [1.807, 2.05) is 25.1 Å². The highest BCUT2D eigenvalue weighted by atomic mass is 79.9. The van der Waals surface area contributed by atoms with Crippen LogP contribution in [0.4, 0.5) is 11.4 Å². The number of nitrogens with one attached hydrogen (secondary N) is 1. The van der Waals surface area contributed by atoms with Gasteiger partial charge in [-0.2, -0.15) is 0 Å². The second kappa shape index (κ2) is 5.26. The van der Waals surface area contributed by atoms with Crippen LogP contribution in [0.15, 0.2) is 51.4 Å². The Morgan fingerprint density at radius 2 is 2.00 bits per heavy atom. The van der Waals surface area contributed by atoms with Crippen LogP contribution < -0.4 is 11.1 Å². The first-order valence-electron chi connectivity index (χ1n) is 6.39. The third-order valence-corrected chi connectivity index (χ3v) is 3.79. The number of aryl methyl sites for hydroxylation is 1. The molecule has 3 aromatic rings. The Balaban J connectivity index is 1.89. The topological polar surface area (TPSA) is 68.3 Å². The molecule has 3 rings (SSSR count). The standard InChI is InChI=1S/C16H13BrN2O2/c1-9-2-4-13(12(17)6-9)19-16(20)15-8-10-7-11(18)3-5-14(10)21-15/h2-8H,18H2,1H3,(H,19,20). The number of anilines is 2. The lowest BCUT2D eigenvalue weighted by atomic mass is 10.2. The molecule has 0 aliphatic carbocycles. The molecule has 106 valence electrons. The summed E-state index contributed by atoms with van der Waals surface area (Å²) in [5.41, 5.74) is 8.80. The van der Waals surface area contributed by atoms with Gasteiger partial charge in [0.1, 0.15) is 5.58 Å². The molecule has 5 heteroatoms. The van der Waals surface area contributed by atoms with Gasteiger partial charge in [0.25, 0.3) is 5.91 Å². The second-order valence-electron chi connectivity index (χ2n) is 4.85. The highest BCUT2D eigenvalue weighted by Crippen LogP contribution is 2.26. The molecule has 0 bridgehead atoms. The number of fused-ring (bicyclic) bond motifs is 1. The highest BCUT2D eigenvalue weighted by molar-refractivity contribution is 9.10. The lowest BCUT2D eigenvalue weighted by Gasteiger charge is -2.06. The average Bonchev–Trinajstić information content (AvgIpc) is 2.85. The number of carbonyl (C=O) groups excluding carboxylic acids is 1. The summed E-state index contributed by atoms with van der Waals surface area (Å²) in [7, 11) is 0. The van der Waals surface area contributed by atoms with Gasteiger partial charge in [-0.1, -0.05) is 6.07 Å². The number of halogens is 1. The van der Waals surface area contributed by atoms with E-state index in [0.717, 1.165) is 15.4 Å². The van der Waals surface area contributed by atoms with E-state index in [0.29, 0.717) is 17.0 Å². The van der Waals surface area contributed by atoms with Crippen molar-refractivity contribution < 1.29 is 9.21 Å². The number of benzene rings is 2. The predicted octanol–water partition coefficient (Wildman–Crippen LogP) is 4.34. The van der Waals surface area contributed by atoms with E-state index in [4.69, 9.17) is 10.2 Å². The Bertz CT molecular complexity index is 839. The molecule has 21 heavy (non-hydrogen) atoms. The van der Waals surface area contributed by atoms with Gasteiger partial charge < -0.3 is 15.5 Å². The van der Waals surface area contributed by atoms with Gasteiger partial charge in [0.2, 0.25) is 0 Å². The first-order valence-corrected chi connectivity index (χ1v) is 7.19. The van der Waals surface area contributed by atoms with Gasteiger partial charge in [0.15, 0.2) is 5.76 Å². The highest BCUT2D eigenvalue weighted by Gasteiger charge is 2.14. The van der Waals surface area contributed by atoms with E-state index in [1.54, 1.807) is 24.3 Å². The van der Waals surface area contributed by atoms with Crippen molar-refractivity contribution in [2.24, 2.45) is 0 Å². The fraction of sp³-hybridized carbons (Fsp3) is 0.0625. The Hall–Kier alpha value is -2.27. The molecule has 0 atom stereocenters. The normalized spacial score (nSPS) is 10.8. The lowest BCUT2D eigenvalue weighted by Crippen LogP contribution is -2.11. The van der Waals surface area contributed by atoms with Crippen molar-refractivity contribution in [3.8, 4) is 0 Å². The summed E-state index contributed by atoms with van der Waals surface area (Å²) in [4.78, 5) is 12.2. The van der Waals surface area contributed by atoms with Crippen LogP contribution in [0.1, 0.15) is 16.1 Å². The van der Waals surface area contributed by atoms with Crippen molar-refractivity contribution in [2.45, 2.75) is 6.92 Å². The van der Waals surface area contributed by atoms with Crippen LogP contribution >= 0.6 is 15.9 Å². The summed E-state index contributed by atoms with van der Waals surface area (Å²) in [6.07, 6.45) is 0. The number of hydrogen-bond acceptors (Lipinski definition) is 3. The lowest BCUT2D eigenvalue weighted by molar-refractivity contribution is 0.0998. The summed E-state index contributed by atoms with van der Waals surface area (Å²) in [5, 5.41) is 3.63. The third-order valence-electron chi connectivity index (χ3n) is 3.14. The van der Waals surface area contributed by atoms with Crippen molar-refractivity contribution >= 4 is 44.2 Å². The van der Waals surface area contributed by atoms with E-state index >= 15 is 0 Å². The van der Waals surface area contributed by atoms with Crippen LogP contribution in [0.3, 0.4) is 0 Å². The Kier molecular flexibility index (Phi) is 3.43. The quantitative estimate of drug-likeness (QED) is 0.679. The van der Waals surface area contributed by atoms with Crippen molar-refractivity contribution in [3.05, 3.63) is 58.3 Å². The Labute approximate surface area is 130 Å². The molecular weight excluding hydrogens is 332 g/mol. The van der Waals surface area contributed by atoms with Gasteiger partial charge >= 0.3 is 0 Å². The maximum atomic E-state index is 12.2. The smallest absolute Gasteiger partial charge is 0.291 e. The van der Waals surface area contributed by atoms with Crippen LogP contribution in [0.5, 0.6) is 0 Å². The number of furan rings is 1. The van der Waals surface area contributed by atoms with E-state index < -0.39 is 0 Å². The number of rotatable bonds is 2. The molecule has 1 heterocycles. The van der Waals surface area contributed by atoms with Crippen LogP contribution in [0.25, 0.3) is 11.0 Å². The minimum absolute atomic E-state index is 0.253. The molecular formula is C16H13BrN2O2. The summed E-state index contributed by atoms with van der Waals surface area (Å²) in [5.74, 6) is -0.0441. The Morgan fingerprint density at radius 3 is 2.76 bits per heavy atom. The largest absolute Gasteiger partial charge is 0.451 e. The number of nitrogens with two attached hydrogens (primary N) is 1. The average molecular weight is 345 g/mol. The van der Waals surface area contributed by atoms with E-state index in [2.05, 4.69) is 21.2 Å². The molecule has 0 unspecified atom stereocenters. The molecule has 0 aliphatic heterocycles. The van der Waals surface area contributed by atoms with Crippen LogP contribution in [-0.2, 0) is 0 Å². The predicted molar refractivity (Wildman–Crippen MR) is 87.5 cm³/mol. The minimum atomic E-state index is -0.297. The van der Waals surface area contributed by atoms with Crippen LogP contribution in [-0.4, -0.2) is 5.91 Å². The number of hydrogen-bond donors (Lipinski definition) is 2. The number of carbonyl (C=O) groups is 1. The molecule has 4 nitrogen and oxygen atoms in total. The first kappa shape index (κ1) is 13.7. The van der Waals surface area contributed by atoms with Gasteiger partial charge in [-0.3, -0.25) is 4.79 Å². The van der Waals surface area contributed by atoms with E-state index in [9.17, 15) is 4.79 Å². The SMILES string of the molecule is Cc1ccc(NC(=O)c2cc3cc(N)ccc3o2)c(Br)c1. The van der Waals surface area contributed by atoms with Crippen molar-refractivity contribution in [1.82, 2.24) is 0 Å². The zero-order valence-electron chi connectivity index (χ0n) is 11.3. The molecule has 0 saturated carbocycles. The monoisotopic (exact) mass is 344 g/mol. The maximum Gasteiger partial charge on any atom is 0.291 e. The second-order valence-corrected chi connectivity index (χ2v) is 5.70. The molecule has 0 spiro atoms. The maximum absolute atomic E-state index is 12.2. The molecule has 1 aromatic heterocycles. The van der Waals surface area contributed by atoms with Gasteiger partial charge in [0.05, 0.1) is 5.69 Å². The van der Waals surface area contributed by atoms with Crippen molar-refractivity contribution in [2.75, 3.05) is 11.1 Å². The molecule has 0 fully saturated rings. The Morgan fingerprint density at radius 1 is 1.19 bits per heavy atom. The van der Waals surface area contributed by atoms with Gasteiger partial charge in [-0.15, -0.1) is 0 Å². The first-order chi connectivity index (χ1) is 10.0. The third kappa shape index (κ3) is 2.78. The molecule has 2 aromatic carbocycles. The molecule has 0 radical (unpaired) electrons. The van der Waals surface area contributed by atoms with Gasteiger partial charge in [0, 0.05) is 15.5 Å². The van der Waals surface area contributed by atoms with Crippen molar-refractivity contribution in [1.29, 1.82) is 0 Å². The fourth-order valence-electron chi connectivity index (χ4n) is 2.08. The zero-order valence-corrected chi connectivity index (χ0v) is 12.9. The fourth-order valence-corrected chi connectivity index (χ4v) is 2.67. The molecule has 0 saturated heterocycles. The molecule has 1 amide bonds. The zero-order chi connectivity index (χ0) is 15.0. The number of nitrogen functional groups attached to an aromatic ring is 1. The van der Waals surface area contributed by atoms with E-state index in [1.165, 1.54) is 0 Å². The van der Waals surface area contributed by atoms with E-state index in [-0.39, 0.29) is 11.7 Å². The van der Waals surface area contributed by atoms with Crippen molar-refractivity contribution in [3.63, 3.8) is 0 Å². The van der Waals surface area contributed by atoms with Gasteiger partial charge in [-0.05, 0) is 64.8 Å². The summed E-state index contributed by atoms with van der Waals surface area (Å²) in [6.45, 7) is 1.99. The van der Waals surface area contributed by atoms with Crippen LogP contribution in [0, 0.1) is 6.92 Å². The van der Waals surface area contributed by atoms with Gasteiger partial charge in [-0.25, -0.2) is 0 Å². The summed E-state index contributed by atoms with van der Waals surface area (Å²) < 4.78 is 6.37. The van der Waals surface area contributed by atoms with Crippen LogP contribution in [0.2, 0.25) is 0 Å². The number of amides is 1. The molecule has 3 N–H and O–H groups in total. The minimum Gasteiger partial charge on any atom is -0.451 e. The summed E-state index contributed by atoms with van der Waals surface area (Å²) >= 11 is 3.43.